The molecule has 0 radical (unpaired) electrons. The van der Waals surface area contributed by atoms with Crippen LogP contribution in [0.4, 0.5) is 15.8 Å². The van der Waals surface area contributed by atoms with Crippen molar-refractivity contribution in [2.45, 2.75) is 36.8 Å². The van der Waals surface area contributed by atoms with Gasteiger partial charge in [-0.3, -0.25) is 19.3 Å². The molecule has 3 aliphatic heterocycles. The molecular formula is C32H29Cl2FN4O3. The molecule has 2 N–H and O–H groups in total. The Morgan fingerprint density at radius 3 is 2.57 bits per heavy atom. The summed E-state index contributed by atoms with van der Waals surface area (Å²) in [6.45, 7) is 0.976. The van der Waals surface area contributed by atoms with E-state index in [2.05, 4.69) is 15.5 Å². The van der Waals surface area contributed by atoms with E-state index >= 15 is 4.39 Å². The molecule has 3 amide bonds. The van der Waals surface area contributed by atoms with E-state index in [0.29, 0.717) is 47.4 Å². The van der Waals surface area contributed by atoms with Gasteiger partial charge in [-0.15, -0.1) is 0 Å². The largest absolute Gasteiger partial charge is 0.355 e. The molecule has 0 bridgehead atoms. The summed E-state index contributed by atoms with van der Waals surface area (Å²) in [5.41, 5.74) is 1.74. The van der Waals surface area contributed by atoms with Crippen LogP contribution in [0.2, 0.25) is 10.0 Å². The summed E-state index contributed by atoms with van der Waals surface area (Å²) in [6, 6.07) is 16.8. The van der Waals surface area contributed by atoms with Gasteiger partial charge in [0.25, 0.3) is 5.91 Å². The van der Waals surface area contributed by atoms with Crippen LogP contribution in [0.3, 0.4) is 0 Å². The molecular weight excluding hydrogens is 578 g/mol. The zero-order chi connectivity index (χ0) is 29.3. The molecule has 216 valence electrons. The van der Waals surface area contributed by atoms with Crippen LogP contribution in [-0.4, -0.2) is 54.3 Å². The normalized spacial score (nSPS) is 26.8. The Balaban J connectivity index is 1.37. The molecule has 4 atom stereocenters. The second-order valence-corrected chi connectivity index (χ2v) is 12.6. The number of fused-ring (bicyclic) bond motifs is 2. The number of likely N-dealkylation sites (tertiary alicyclic amines) is 1. The number of hydrogen-bond acceptors (Lipinski definition) is 4. The lowest BCUT2D eigenvalue weighted by Gasteiger charge is -2.46. The fourth-order valence-electron chi connectivity index (χ4n) is 7.33. The average molecular weight is 608 g/mol. The predicted molar refractivity (Wildman–Crippen MR) is 160 cm³/mol. The molecule has 2 saturated heterocycles. The first-order valence-electron chi connectivity index (χ1n) is 14.2. The van der Waals surface area contributed by atoms with Gasteiger partial charge in [-0.2, -0.15) is 0 Å². The summed E-state index contributed by atoms with van der Waals surface area (Å²) in [5.74, 6) is -2.32. The van der Waals surface area contributed by atoms with Crippen LogP contribution < -0.4 is 15.5 Å². The highest BCUT2D eigenvalue weighted by Crippen LogP contribution is 2.58. The minimum absolute atomic E-state index is 0.0460. The van der Waals surface area contributed by atoms with Crippen molar-refractivity contribution in [3.63, 3.8) is 0 Å². The minimum atomic E-state index is -1.20. The number of nitrogens with one attached hydrogen (secondary N) is 2. The van der Waals surface area contributed by atoms with Gasteiger partial charge in [0.15, 0.2) is 0 Å². The maximum Gasteiger partial charge on any atom is 0.251 e. The molecule has 3 aromatic rings. The first-order valence-corrected chi connectivity index (χ1v) is 14.9. The van der Waals surface area contributed by atoms with Gasteiger partial charge in [0.2, 0.25) is 11.8 Å². The van der Waals surface area contributed by atoms with Crippen molar-refractivity contribution in [3.8, 4) is 0 Å². The van der Waals surface area contributed by atoms with Crippen molar-refractivity contribution in [1.82, 2.24) is 10.2 Å². The Morgan fingerprint density at radius 2 is 1.86 bits per heavy atom. The summed E-state index contributed by atoms with van der Waals surface area (Å²) in [6.07, 6.45) is 2.41. The Hall–Kier alpha value is -3.46. The van der Waals surface area contributed by atoms with Crippen LogP contribution in [0.25, 0.3) is 0 Å². The van der Waals surface area contributed by atoms with Crippen LogP contribution in [0.1, 0.15) is 40.2 Å². The number of amides is 3. The van der Waals surface area contributed by atoms with E-state index in [9.17, 15) is 14.4 Å². The molecule has 0 aromatic heterocycles. The lowest BCUT2D eigenvalue weighted by Crippen LogP contribution is -2.62. The number of hydrogen-bond donors (Lipinski definition) is 2. The molecule has 3 aromatic carbocycles. The van der Waals surface area contributed by atoms with Crippen molar-refractivity contribution in [3.05, 3.63) is 93.2 Å². The number of anilines is 2. The molecule has 3 fully saturated rings. The van der Waals surface area contributed by atoms with Crippen LogP contribution in [0.5, 0.6) is 0 Å². The van der Waals surface area contributed by atoms with Crippen LogP contribution in [0.15, 0.2) is 60.7 Å². The molecule has 7 nitrogen and oxygen atoms in total. The summed E-state index contributed by atoms with van der Waals surface area (Å²) in [4.78, 5) is 44.8. The number of carbonyl (C=O) groups excluding carboxylic acids is 3. The van der Waals surface area contributed by atoms with Crippen LogP contribution >= 0.6 is 23.2 Å². The molecule has 1 saturated carbocycles. The van der Waals surface area contributed by atoms with Crippen molar-refractivity contribution >= 4 is 52.3 Å². The van der Waals surface area contributed by atoms with E-state index in [1.54, 1.807) is 60.5 Å². The molecule has 0 unspecified atom stereocenters. The van der Waals surface area contributed by atoms with Gasteiger partial charge in [0.1, 0.15) is 11.4 Å². The summed E-state index contributed by atoms with van der Waals surface area (Å²) in [5, 5.41) is 6.14. The van der Waals surface area contributed by atoms with E-state index in [1.807, 2.05) is 6.07 Å². The Kier molecular flexibility index (Phi) is 6.57. The van der Waals surface area contributed by atoms with Gasteiger partial charge in [0.05, 0.1) is 10.9 Å². The number of rotatable bonds is 5. The van der Waals surface area contributed by atoms with E-state index < -0.39 is 23.2 Å². The summed E-state index contributed by atoms with van der Waals surface area (Å²) >= 11 is 12.6. The third-order valence-corrected chi connectivity index (χ3v) is 9.96. The first kappa shape index (κ1) is 27.4. The van der Waals surface area contributed by atoms with Gasteiger partial charge in [-0.1, -0.05) is 41.4 Å². The standard InChI is InChI=1S/C32H29Cl2FN4O3/c1-36-29(40)18-8-11-21(12-9-18)38-16-25-26(30(38)41)27(22-3-2-4-23(34)28(22)35)32(39(25)15-17-5-6-17)14-19-7-10-20(33)13-24(19)37-31(32)42/h2-4,7-13,17,25-27H,5-6,14-16H2,1H3,(H,36,40)(H,37,42)/t25-,26+,27-,32+/m0/s1. The third-order valence-electron chi connectivity index (χ3n) is 9.43. The lowest BCUT2D eigenvalue weighted by atomic mass is 9.69. The van der Waals surface area contributed by atoms with Crippen molar-refractivity contribution in [1.29, 1.82) is 0 Å². The zero-order valence-corrected chi connectivity index (χ0v) is 24.4. The van der Waals surface area contributed by atoms with Gasteiger partial charge < -0.3 is 15.5 Å². The van der Waals surface area contributed by atoms with E-state index in [-0.39, 0.29) is 34.3 Å². The molecule has 10 heteroatoms. The Morgan fingerprint density at radius 1 is 1.10 bits per heavy atom. The molecule has 4 aliphatic rings. The number of benzene rings is 3. The van der Waals surface area contributed by atoms with Crippen molar-refractivity contribution < 1.29 is 18.8 Å². The fourth-order valence-corrected chi connectivity index (χ4v) is 7.68. The third kappa shape index (κ3) is 4.14. The maximum absolute atomic E-state index is 16.0. The van der Waals surface area contributed by atoms with E-state index in [1.165, 1.54) is 6.07 Å². The number of halogens is 3. The van der Waals surface area contributed by atoms with Crippen molar-refractivity contribution in [2.24, 2.45) is 11.8 Å². The average Bonchev–Trinajstić information content (AvgIpc) is 3.70. The molecule has 42 heavy (non-hydrogen) atoms. The predicted octanol–water partition coefficient (Wildman–Crippen LogP) is 5.27. The molecule has 7 rings (SSSR count). The molecule has 1 aliphatic carbocycles. The monoisotopic (exact) mass is 606 g/mol. The second-order valence-electron chi connectivity index (χ2n) is 11.7. The highest BCUT2D eigenvalue weighted by atomic mass is 35.5. The molecule has 1 spiro atoms. The van der Waals surface area contributed by atoms with E-state index in [4.69, 9.17) is 23.2 Å². The number of nitrogens with zero attached hydrogens (tertiary/aromatic N) is 2. The van der Waals surface area contributed by atoms with Gasteiger partial charge in [0, 0.05) is 60.5 Å². The van der Waals surface area contributed by atoms with Crippen LogP contribution in [0, 0.1) is 17.7 Å². The van der Waals surface area contributed by atoms with E-state index in [0.717, 1.165) is 18.4 Å². The maximum atomic E-state index is 16.0. The second kappa shape index (κ2) is 10.1. The fraction of sp³-hybridized carbons (Fsp3) is 0.344. The van der Waals surface area contributed by atoms with Crippen molar-refractivity contribution in [2.75, 3.05) is 30.4 Å². The Labute approximate surface area is 253 Å². The smallest absolute Gasteiger partial charge is 0.251 e. The Bertz CT molecular complexity index is 1630. The molecule has 3 heterocycles. The quantitative estimate of drug-likeness (QED) is 0.415. The SMILES string of the molecule is CNC(=O)c1ccc(N2C[C@H]3[C@@H](C2=O)[C@H](c2cccc(Cl)c2F)[C@@]2(Cc4ccc(Cl)cc4NC2=O)N3CC2CC2)cc1. The minimum Gasteiger partial charge on any atom is -0.355 e. The number of carbonyl (C=O) groups is 3. The zero-order valence-electron chi connectivity index (χ0n) is 22.9. The lowest BCUT2D eigenvalue weighted by molar-refractivity contribution is -0.129. The van der Waals surface area contributed by atoms with Crippen LogP contribution in [-0.2, 0) is 16.0 Å². The van der Waals surface area contributed by atoms with Gasteiger partial charge in [-0.05, 0) is 72.4 Å². The highest BCUT2D eigenvalue weighted by Gasteiger charge is 2.69. The topological polar surface area (TPSA) is 81.8 Å². The van der Waals surface area contributed by atoms with Gasteiger partial charge in [-0.25, -0.2) is 4.39 Å². The highest BCUT2D eigenvalue weighted by molar-refractivity contribution is 6.31. The van der Waals surface area contributed by atoms with Gasteiger partial charge >= 0.3 is 0 Å². The summed E-state index contributed by atoms with van der Waals surface area (Å²) < 4.78 is 16.0. The summed E-state index contributed by atoms with van der Waals surface area (Å²) in [7, 11) is 1.56. The first-order chi connectivity index (χ1) is 20.2.